The quantitative estimate of drug-likeness (QED) is 0.608. The molecule has 0 bridgehead atoms. The van der Waals surface area contributed by atoms with Crippen molar-refractivity contribution in [2.75, 3.05) is 0 Å². The van der Waals surface area contributed by atoms with Crippen LogP contribution in [0.15, 0.2) is 4.52 Å². The first-order chi connectivity index (χ1) is 12.6. The largest absolute Gasteiger partial charge is 0.339 e. The van der Waals surface area contributed by atoms with Crippen molar-refractivity contribution in [3.63, 3.8) is 0 Å². The lowest BCUT2D eigenvalue weighted by Gasteiger charge is -2.29. The second-order valence-corrected chi connectivity index (χ2v) is 11.6. The van der Waals surface area contributed by atoms with E-state index < -0.39 is 0 Å². The summed E-state index contributed by atoms with van der Waals surface area (Å²) in [5, 5.41) is 15.5. The Labute approximate surface area is 166 Å². The highest BCUT2D eigenvalue weighted by atomic mass is 32.1. The van der Waals surface area contributed by atoms with Gasteiger partial charge in [-0.1, -0.05) is 46.7 Å². The van der Waals surface area contributed by atoms with Crippen molar-refractivity contribution >= 4 is 11.3 Å². The molecule has 2 aliphatic carbocycles. The maximum Gasteiger partial charge on any atom is 0.230 e. The van der Waals surface area contributed by atoms with E-state index in [0.29, 0.717) is 17.8 Å². The highest BCUT2D eigenvalue weighted by Gasteiger charge is 2.46. The Bertz CT molecular complexity index is 799. The van der Waals surface area contributed by atoms with Crippen LogP contribution in [0.1, 0.15) is 107 Å². The molecule has 2 aromatic heterocycles. The Balaban J connectivity index is 1.36. The highest BCUT2D eigenvalue weighted by Crippen LogP contribution is 2.56. The summed E-state index contributed by atoms with van der Waals surface area (Å²) < 4.78 is 5.60. The highest BCUT2D eigenvalue weighted by molar-refractivity contribution is 7.11. The molecule has 2 saturated carbocycles. The van der Waals surface area contributed by atoms with Crippen molar-refractivity contribution in [1.82, 2.24) is 20.3 Å². The zero-order chi connectivity index (χ0) is 19.4. The van der Waals surface area contributed by atoms with Gasteiger partial charge < -0.3 is 4.52 Å². The first-order valence-electron chi connectivity index (χ1n) is 10.3. The Hall–Kier alpha value is -1.30. The molecule has 0 radical (unpaired) electrons. The van der Waals surface area contributed by atoms with Crippen molar-refractivity contribution in [2.45, 2.75) is 91.4 Å². The summed E-state index contributed by atoms with van der Waals surface area (Å²) in [6.07, 6.45) is 5.82. The van der Waals surface area contributed by atoms with Gasteiger partial charge in [-0.3, -0.25) is 0 Å². The fraction of sp³-hybridized carbons (Fsp3) is 0.810. The van der Waals surface area contributed by atoms with Gasteiger partial charge in [0.15, 0.2) is 5.82 Å². The van der Waals surface area contributed by atoms with E-state index in [1.165, 1.54) is 29.3 Å². The molecule has 3 unspecified atom stereocenters. The monoisotopic (exact) mass is 388 g/mol. The van der Waals surface area contributed by atoms with Crippen molar-refractivity contribution in [3.8, 4) is 0 Å². The van der Waals surface area contributed by atoms with Gasteiger partial charge in [-0.2, -0.15) is 4.98 Å². The lowest BCUT2D eigenvalue weighted by Crippen LogP contribution is -2.21. The molecule has 27 heavy (non-hydrogen) atoms. The van der Waals surface area contributed by atoms with Gasteiger partial charge in [-0.15, -0.1) is 21.5 Å². The SMILES string of the molecule is CC(c1nc(C2CC2)no1)C(C)(C)CC1CC1c1nnc(CC(C)(C)C)s1. The maximum atomic E-state index is 5.60. The molecular weight excluding hydrogens is 356 g/mol. The van der Waals surface area contributed by atoms with Gasteiger partial charge in [0.05, 0.1) is 0 Å². The van der Waals surface area contributed by atoms with E-state index in [1.807, 2.05) is 11.3 Å². The molecule has 148 valence electrons. The summed E-state index contributed by atoms with van der Waals surface area (Å²) in [4.78, 5) is 4.68. The third-order valence-corrected chi connectivity index (χ3v) is 7.19. The minimum atomic E-state index is 0.131. The average molecular weight is 389 g/mol. The van der Waals surface area contributed by atoms with Crippen LogP contribution in [0.5, 0.6) is 0 Å². The molecule has 2 aliphatic rings. The van der Waals surface area contributed by atoms with Gasteiger partial charge in [-0.25, -0.2) is 0 Å². The molecule has 2 aromatic rings. The number of hydrogen-bond donors (Lipinski definition) is 0. The van der Waals surface area contributed by atoms with Crippen LogP contribution in [-0.2, 0) is 6.42 Å². The first-order valence-corrected chi connectivity index (χ1v) is 11.1. The molecule has 2 heterocycles. The lowest BCUT2D eigenvalue weighted by atomic mass is 9.75. The van der Waals surface area contributed by atoms with E-state index in [1.54, 1.807) is 0 Å². The molecule has 0 aromatic carbocycles. The first kappa shape index (κ1) is 19.0. The minimum Gasteiger partial charge on any atom is -0.339 e. The number of aromatic nitrogens is 4. The van der Waals surface area contributed by atoms with E-state index >= 15 is 0 Å². The van der Waals surface area contributed by atoms with Crippen LogP contribution in [0.2, 0.25) is 0 Å². The van der Waals surface area contributed by atoms with Gasteiger partial charge in [0, 0.05) is 24.2 Å². The molecule has 0 N–H and O–H groups in total. The Morgan fingerprint density at radius 2 is 1.89 bits per heavy atom. The molecule has 0 amide bonds. The molecule has 6 heteroatoms. The smallest absolute Gasteiger partial charge is 0.230 e. The molecule has 0 spiro atoms. The Morgan fingerprint density at radius 1 is 1.15 bits per heavy atom. The zero-order valence-electron chi connectivity index (χ0n) is 17.5. The van der Waals surface area contributed by atoms with E-state index in [9.17, 15) is 0 Å². The Morgan fingerprint density at radius 3 is 2.56 bits per heavy atom. The van der Waals surface area contributed by atoms with Crippen molar-refractivity contribution < 1.29 is 4.52 Å². The maximum absolute atomic E-state index is 5.60. The van der Waals surface area contributed by atoms with Crippen LogP contribution in [0.3, 0.4) is 0 Å². The molecular formula is C21H32N4OS. The van der Waals surface area contributed by atoms with E-state index in [-0.39, 0.29) is 16.7 Å². The molecule has 4 rings (SSSR count). The molecule has 5 nitrogen and oxygen atoms in total. The van der Waals surface area contributed by atoms with Crippen LogP contribution in [-0.4, -0.2) is 20.3 Å². The predicted molar refractivity (Wildman–Crippen MR) is 107 cm³/mol. The molecule has 0 saturated heterocycles. The fourth-order valence-corrected chi connectivity index (χ4v) is 5.18. The van der Waals surface area contributed by atoms with Gasteiger partial charge in [-0.05, 0) is 42.4 Å². The summed E-state index contributed by atoms with van der Waals surface area (Å²) in [7, 11) is 0. The number of rotatable bonds is 7. The van der Waals surface area contributed by atoms with Gasteiger partial charge >= 0.3 is 0 Å². The summed E-state index contributed by atoms with van der Waals surface area (Å²) in [5.74, 6) is 3.82. The predicted octanol–water partition coefficient (Wildman–Crippen LogP) is 5.71. The van der Waals surface area contributed by atoms with Gasteiger partial charge in [0.1, 0.15) is 10.0 Å². The van der Waals surface area contributed by atoms with Crippen LogP contribution in [0.4, 0.5) is 0 Å². The minimum absolute atomic E-state index is 0.131. The van der Waals surface area contributed by atoms with Crippen molar-refractivity contribution in [3.05, 3.63) is 21.7 Å². The molecule has 3 atom stereocenters. The van der Waals surface area contributed by atoms with Crippen LogP contribution in [0.25, 0.3) is 0 Å². The summed E-state index contributed by atoms with van der Waals surface area (Å²) in [6, 6.07) is 0. The molecule has 2 fully saturated rings. The van der Waals surface area contributed by atoms with E-state index in [4.69, 9.17) is 4.52 Å². The third kappa shape index (κ3) is 4.41. The summed E-state index contributed by atoms with van der Waals surface area (Å²) in [5.41, 5.74) is 0.395. The normalized spacial score (nSPS) is 24.2. The second-order valence-electron chi connectivity index (χ2n) is 10.6. The van der Waals surface area contributed by atoms with E-state index in [2.05, 4.69) is 61.9 Å². The van der Waals surface area contributed by atoms with Gasteiger partial charge in [0.2, 0.25) is 5.89 Å². The summed E-state index contributed by atoms with van der Waals surface area (Å²) >= 11 is 1.82. The Kier molecular flexibility index (Phi) is 4.68. The lowest BCUT2D eigenvalue weighted by molar-refractivity contribution is 0.214. The van der Waals surface area contributed by atoms with Crippen LogP contribution < -0.4 is 0 Å². The van der Waals surface area contributed by atoms with Crippen molar-refractivity contribution in [2.24, 2.45) is 16.7 Å². The van der Waals surface area contributed by atoms with E-state index in [0.717, 1.165) is 24.6 Å². The van der Waals surface area contributed by atoms with Crippen LogP contribution in [0, 0.1) is 16.7 Å². The van der Waals surface area contributed by atoms with Crippen molar-refractivity contribution in [1.29, 1.82) is 0 Å². The average Bonchev–Trinajstić information content (AvgIpc) is 3.45. The van der Waals surface area contributed by atoms with Crippen LogP contribution >= 0.6 is 11.3 Å². The zero-order valence-corrected chi connectivity index (χ0v) is 18.3. The van der Waals surface area contributed by atoms with Gasteiger partial charge in [0.25, 0.3) is 0 Å². The number of hydrogen-bond acceptors (Lipinski definition) is 6. The summed E-state index contributed by atoms with van der Waals surface area (Å²) in [6.45, 7) is 13.7. The number of nitrogens with zero attached hydrogens (tertiary/aromatic N) is 4. The fourth-order valence-electron chi connectivity index (χ4n) is 3.83. The second kappa shape index (κ2) is 6.64. The third-order valence-electron chi connectivity index (χ3n) is 6.13. The topological polar surface area (TPSA) is 64.7 Å². The molecule has 0 aliphatic heterocycles. The standard InChI is InChI=1S/C21H32N4OS/c1-12(18-22-17(25-26-18)13-7-8-13)21(5,6)10-14-9-15(14)19-24-23-16(27-19)11-20(2,3)4/h12-15H,7-11H2,1-6H3.